The molecule has 0 atom stereocenters. The lowest BCUT2D eigenvalue weighted by molar-refractivity contribution is -0.117. The molecule has 24 heavy (non-hydrogen) atoms. The summed E-state index contributed by atoms with van der Waals surface area (Å²) in [6.45, 7) is 7.72. The Morgan fingerprint density at radius 2 is 1.92 bits per heavy atom. The average Bonchev–Trinajstić information content (AvgIpc) is 2.79. The predicted octanol–water partition coefficient (Wildman–Crippen LogP) is 4.29. The van der Waals surface area contributed by atoms with E-state index in [4.69, 9.17) is 0 Å². The molecule has 2 rings (SSSR count). The maximum atomic E-state index is 12.1. The van der Waals surface area contributed by atoms with Gasteiger partial charge in [0, 0.05) is 27.6 Å². The van der Waals surface area contributed by atoms with Crippen LogP contribution in [0.25, 0.3) is 11.8 Å². The van der Waals surface area contributed by atoms with Gasteiger partial charge in [0.15, 0.2) is 0 Å². The van der Waals surface area contributed by atoms with E-state index in [1.807, 2.05) is 64.1 Å². The molecule has 0 aliphatic carbocycles. The molecule has 0 fully saturated rings. The normalized spacial score (nSPS) is 11.5. The standard InChI is InChI=1S/C19H20BrN3O/c1-12(2)22-19(24)16(11-21)10-15-9-13(3)23(14(15)4)18-7-5-17(20)6-8-18/h5-10,12H,1-4H3,(H,22,24). The van der Waals surface area contributed by atoms with Crippen molar-refractivity contribution in [1.29, 1.82) is 5.26 Å². The molecule has 0 bridgehead atoms. The second kappa shape index (κ2) is 7.50. The van der Waals surface area contributed by atoms with Crippen molar-refractivity contribution < 1.29 is 4.79 Å². The van der Waals surface area contributed by atoms with Crippen molar-refractivity contribution in [2.24, 2.45) is 0 Å². The van der Waals surface area contributed by atoms with Crippen molar-refractivity contribution in [3.8, 4) is 11.8 Å². The van der Waals surface area contributed by atoms with Gasteiger partial charge in [0.05, 0.1) is 0 Å². The van der Waals surface area contributed by atoms with Crippen LogP contribution in [0.1, 0.15) is 30.8 Å². The summed E-state index contributed by atoms with van der Waals surface area (Å²) < 4.78 is 3.12. The van der Waals surface area contributed by atoms with Gasteiger partial charge in [-0.25, -0.2) is 0 Å². The van der Waals surface area contributed by atoms with Crippen LogP contribution in [0.4, 0.5) is 0 Å². The minimum absolute atomic E-state index is 0.00977. The van der Waals surface area contributed by atoms with E-state index in [0.717, 1.165) is 27.1 Å². The number of aryl methyl sites for hydroxylation is 1. The van der Waals surface area contributed by atoms with E-state index in [0.29, 0.717) is 0 Å². The molecule has 0 radical (unpaired) electrons. The molecular formula is C19H20BrN3O. The van der Waals surface area contributed by atoms with Crippen molar-refractivity contribution in [1.82, 2.24) is 9.88 Å². The van der Waals surface area contributed by atoms with E-state index >= 15 is 0 Å². The number of carbonyl (C=O) groups is 1. The first-order valence-corrected chi connectivity index (χ1v) is 8.50. The number of aromatic nitrogens is 1. The Kier molecular flexibility index (Phi) is 5.63. The molecule has 5 heteroatoms. The monoisotopic (exact) mass is 385 g/mol. The molecule has 1 aromatic carbocycles. The molecule has 4 nitrogen and oxygen atoms in total. The third-order valence-corrected chi connectivity index (χ3v) is 4.17. The minimum Gasteiger partial charge on any atom is -0.349 e. The number of benzene rings is 1. The zero-order valence-corrected chi connectivity index (χ0v) is 15.8. The van der Waals surface area contributed by atoms with Gasteiger partial charge >= 0.3 is 0 Å². The summed E-state index contributed by atoms with van der Waals surface area (Å²) in [5.74, 6) is -0.346. The molecule has 0 aliphatic heterocycles. The van der Waals surface area contributed by atoms with E-state index in [1.54, 1.807) is 6.08 Å². The Hall–Kier alpha value is -2.32. The summed E-state index contributed by atoms with van der Waals surface area (Å²) in [5, 5.41) is 12.0. The Balaban J connectivity index is 2.44. The first kappa shape index (κ1) is 18.0. The molecule has 0 aliphatic rings. The topological polar surface area (TPSA) is 57.8 Å². The number of halogens is 1. The van der Waals surface area contributed by atoms with Gasteiger partial charge in [-0.1, -0.05) is 15.9 Å². The highest BCUT2D eigenvalue weighted by atomic mass is 79.9. The summed E-state index contributed by atoms with van der Waals surface area (Å²) in [7, 11) is 0. The summed E-state index contributed by atoms with van der Waals surface area (Å²) in [5.41, 5.74) is 4.05. The predicted molar refractivity (Wildman–Crippen MR) is 99.8 cm³/mol. The second-order valence-corrected chi connectivity index (χ2v) is 6.85. The van der Waals surface area contributed by atoms with Crippen LogP contribution in [0.15, 0.2) is 40.4 Å². The summed E-state index contributed by atoms with van der Waals surface area (Å²) in [4.78, 5) is 12.1. The fraction of sp³-hybridized carbons (Fsp3) is 0.263. The Labute approximate surface area is 150 Å². The zero-order valence-electron chi connectivity index (χ0n) is 14.2. The summed E-state index contributed by atoms with van der Waals surface area (Å²) in [6.07, 6.45) is 1.65. The molecule has 0 saturated heterocycles. The number of nitrogens with zero attached hydrogens (tertiary/aromatic N) is 2. The van der Waals surface area contributed by atoms with E-state index in [9.17, 15) is 10.1 Å². The van der Waals surface area contributed by atoms with Gasteiger partial charge in [0.25, 0.3) is 5.91 Å². The number of hydrogen-bond acceptors (Lipinski definition) is 2. The van der Waals surface area contributed by atoms with Crippen molar-refractivity contribution in [3.05, 3.63) is 57.3 Å². The third-order valence-electron chi connectivity index (χ3n) is 3.64. The Morgan fingerprint density at radius 3 is 2.46 bits per heavy atom. The van der Waals surface area contributed by atoms with E-state index in [1.165, 1.54) is 0 Å². The number of nitriles is 1. The fourth-order valence-electron chi connectivity index (χ4n) is 2.57. The van der Waals surface area contributed by atoms with Crippen LogP contribution < -0.4 is 5.32 Å². The van der Waals surface area contributed by atoms with Crippen LogP contribution in [0.2, 0.25) is 0 Å². The van der Waals surface area contributed by atoms with E-state index in [2.05, 4.69) is 25.8 Å². The summed E-state index contributed by atoms with van der Waals surface area (Å²) in [6, 6.07) is 12.0. The van der Waals surface area contributed by atoms with Crippen LogP contribution in [-0.2, 0) is 4.79 Å². The number of rotatable bonds is 4. The molecule has 0 unspecified atom stereocenters. The van der Waals surface area contributed by atoms with Crippen LogP contribution in [0.3, 0.4) is 0 Å². The highest BCUT2D eigenvalue weighted by Gasteiger charge is 2.14. The molecule has 124 valence electrons. The Morgan fingerprint density at radius 1 is 1.29 bits per heavy atom. The molecule has 1 heterocycles. The molecule has 1 N–H and O–H groups in total. The molecular weight excluding hydrogens is 366 g/mol. The van der Waals surface area contributed by atoms with Gasteiger partial charge < -0.3 is 9.88 Å². The second-order valence-electron chi connectivity index (χ2n) is 5.94. The highest BCUT2D eigenvalue weighted by molar-refractivity contribution is 9.10. The zero-order chi connectivity index (χ0) is 17.9. The number of carbonyl (C=O) groups excluding carboxylic acids is 1. The lowest BCUT2D eigenvalue weighted by atomic mass is 10.1. The van der Waals surface area contributed by atoms with Crippen LogP contribution >= 0.6 is 15.9 Å². The lowest BCUT2D eigenvalue weighted by Gasteiger charge is -2.10. The first-order valence-electron chi connectivity index (χ1n) is 7.71. The van der Waals surface area contributed by atoms with Crippen molar-refractivity contribution in [2.75, 3.05) is 0 Å². The van der Waals surface area contributed by atoms with Crippen LogP contribution in [0.5, 0.6) is 0 Å². The van der Waals surface area contributed by atoms with Crippen molar-refractivity contribution in [3.63, 3.8) is 0 Å². The average molecular weight is 386 g/mol. The quantitative estimate of drug-likeness (QED) is 0.630. The highest BCUT2D eigenvalue weighted by Crippen LogP contribution is 2.24. The van der Waals surface area contributed by atoms with Gasteiger partial charge in [0.1, 0.15) is 11.6 Å². The first-order chi connectivity index (χ1) is 11.3. The number of amides is 1. The van der Waals surface area contributed by atoms with E-state index in [-0.39, 0.29) is 17.5 Å². The van der Waals surface area contributed by atoms with Crippen LogP contribution in [0, 0.1) is 25.2 Å². The number of hydrogen-bond donors (Lipinski definition) is 1. The third kappa shape index (κ3) is 3.95. The number of nitrogens with one attached hydrogen (secondary N) is 1. The summed E-state index contributed by atoms with van der Waals surface area (Å²) >= 11 is 3.44. The largest absolute Gasteiger partial charge is 0.349 e. The van der Waals surface area contributed by atoms with Gasteiger partial charge in [0.2, 0.25) is 0 Å². The van der Waals surface area contributed by atoms with Crippen LogP contribution in [-0.4, -0.2) is 16.5 Å². The van der Waals surface area contributed by atoms with Crippen molar-refractivity contribution >= 4 is 27.9 Å². The lowest BCUT2D eigenvalue weighted by Crippen LogP contribution is -2.30. The van der Waals surface area contributed by atoms with Gasteiger partial charge in [-0.3, -0.25) is 4.79 Å². The van der Waals surface area contributed by atoms with Gasteiger partial charge in [-0.05, 0) is 69.7 Å². The van der Waals surface area contributed by atoms with Gasteiger partial charge in [-0.2, -0.15) is 5.26 Å². The van der Waals surface area contributed by atoms with Gasteiger partial charge in [-0.15, -0.1) is 0 Å². The molecule has 1 aromatic heterocycles. The molecule has 2 aromatic rings. The fourth-order valence-corrected chi connectivity index (χ4v) is 2.83. The molecule has 0 saturated carbocycles. The van der Waals surface area contributed by atoms with E-state index < -0.39 is 0 Å². The maximum absolute atomic E-state index is 12.1. The smallest absolute Gasteiger partial charge is 0.262 e. The molecule has 1 amide bonds. The SMILES string of the molecule is Cc1cc(C=C(C#N)C(=O)NC(C)C)c(C)n1-c1ccc(Br)cc1. The maximum Gasteiger partial charge on any atom is 0.262 e. The van der Waals surface area contributed by atoms with Crippen molar-refractivity contribution in [2.45, 2.75) is 33.7 Å². The molecule has 0 spiro atoms. The Bertz CT molecular complexity index is 824. The minimum atomic E-state index is -0.346.